The third kappa shape index (κ3) is 5.42. The van der Waals surface area contributed by atoms with Gasteiger partial charge in [-0.15, -0.1) is 0 Å². The standard InChI is InChI=1S/C23H20Cl2N2O3S2/c24-18-7-3-16(4-8-18)2-1-13-26-32(29,30)20-11-12-21-22(14-20)31-23(28)27(21)15-17-5-9-19(25)10-6-17/h3-12,14,26H,1-2,13,15H2. The summed E-state index contributed by atoms with van der Waals surface area (Å²) in [5.74, 6) is 0. The summed E-state index contributed by atoms with van der Waals surface area (Å²) in [5, 5.41) is 1.31. The Hall–Kier alpha value is -2.16. The molecule has 0 aliphatic heterocycles. The van der Waals surface area contributed by atoms with Crippen LogP contribution in [0, 0.1) is 0 Å². The maximum absolute atomic E-state index is 12.7. The van der Waals surface area contributed by atoms with Crippen molar-refractivity contribution in [3.8, 4) is 0 Å². The third-order valence-electron chi connectivity index (χ3n) is 5.05. The summed E-state index contributed by atoms with van der Waals surface area (Å²) < 4.78 is 30.4. The van der Waals surface area contributed by atoms with Gasteiger partial charge in [-0.2, -0.15) is 0 Å². The first-order chi connectivity index (χ1) is 15.3. The number of halogens is 2. The fraction of sp³-hybridized carbons (Fsp3) is 0.174. The molecule has 0 aliphatic rings. The van der Waals surface area contributed by atoms with Crippen molar-refractivity contribution in [1.29, 1.82) is 0 Å². The molecule has 1 heterocycles. The van der Waals surface area contributed by atoms with E-state index in [1.165, 1.54) is 6.07 Å². The summed E-state index contributed by atoms with van der Waals surface area (Å²) in [5.41, 5.74) is 2.74. The lowest BCUT2D eigenvalue weighted by Crippen LogP contribution is -2.25. The molecule has 0 atom stereocenters. The van der Waals surface area contributed by atoms with Crippen LogP contribution in [-0.4, -0.2) is 19.5 Å². The number of benzene rings is 3. The van der Waals surface area contributed by atoms with Crippen molar-refractivity contribution in [2.45, 2.75) is 24.3 Å². The number of nitrogens with zero attached hydrogens (tertiary/aromatic N) is 1. The van der Waals surface area contributed by atoms with E-state index in [-0.39, 0.29) is 9.77 Å². The molecule has 0 aliphatic carbocycles. The summed E-state index contributed by atoms with van der Waals surface area (Å²) >= 11 is 12.8. The van der Waals surface area contributed by atoms with Gasteiger partial charge in [-0.05, 0) is 66.4 Å². The molecule has 0 radical (unpaired) electrons. The second-order valence-electron chi connectivity index (χ2n) is 7.34. The predicted octanol–water partition coefficient (Wildman–Crippen LogP) is 5.33. The van der Waals surface area contributed by atoms with Crippen molar-refractivity contribution >= 4 is 54.8 Å². The number of thiazole rings is 1. The Labute approximate surface area is 200 Å². The number of sulfonamides is 1. The van der Waals surface area contributed by atoms with Crippen LogP contribution >= 0.6 is 34.5 Å². The van der Waals surface area contributed by atoms with Gasteiger partial charge in [0, 0.05) is 16.6 Å². The minimum Gasteiger partial charge on any atom is -0.294 e. The minimum absolute atomic E-state index is 0.138. The van der Waals surface area contributed by atoms with Gasteiger partial charge in [0.2, 0.25) is 10.0 Å². The van der Waals surface area contributed by atoms with Crippen LogP contribution in [0.4, 0.5) is 0 Å². The lowest BCUT2D eigenvalue weighted by Gasteiger charge is -2.08. The van der Waals surface area contributed by atoms with Gasteiger partial charge >= 0.3 is 4.87 Å². The highest BCUT2D eigenvalue weighted by atomic mass is 35.5. The van der Waals surface area contributed by atoms with Crippen molar-refractivity contribution in [2.75, 3.05) is 6.54 Å². The molecule has 0 amide bonds. The molecule has 3 aromatic carbocycles. The summed E-state index contributed by atoms with van der Waals surface area (Å²) in [6.07, 6.45) is 1.40. The summed E-state index contributed by atoms with van der Waals surface area (Å²) in [6.45, 7) is 0.710. The largest absolute Gasteiger partial charge is 0.308 e. The second-order valence-corrected chi connectivity index (χ2v) is 11.0. The maximum atomic E-state index is 12.7. The maximum Gasteiger partial charge on any atom is 0.308 e. The zero-order chi connectivity index (χ0) is 22.7. The van der Waals surface area contributed by atoms with Crippen LogP contribution in [0.25, 0.3) is 10.2 Å². The van der Waals surface area contributed by atoms with Gasteiger partial charge in [0.15, 0.2) is 0 Å². The van der Waals surface area contributed by atoms with Gasteiger partial charge in [0.1, 0.15) is 0 Å². The number of aromatic nitrogens is 1. The summed E-state index contributed by atoms with van der Waals surface area (Å²) in [4.78, 5) is 12.5. The third-order valence-corrected chi connectivity index (χ3v) is 7.96. The molecule has 0 unspecified atom stereocenters. The zero-order valence-corrected chi connectivity index (χ0v) is 20.1. The van der Waals surface area contributed by atoms with Crippen LogP contribution in [0.3, 0.4) is 0 Å². The number of fused-ring (bicyclic) bond motifs is 1. The first kappa shape index (κ1) is 23.0. The Bertz CT molecular complexity index is 1390. The van der Waals surface area contributed by atoms with E-state index in [4.69, 9.17) is 23.2 Å². The molecular formula is C23H20Cl2N2O3S2. The predicted molar refractivity (Wildman–Crippen MR) is 132 cm³/mol. The van der Waals surface area contributed by atoms with Gasteiger partial charge < -0.3 is 0 Å². The topological polar surface area (TPSA) is 68.2 Å². The molecule has 32 heavy (non-hydrogen) atoms. The van der Waals surface area contributed by atoms with E-state index in [2.05, 4.69) is 4.72 Å². The molecule has 4 aromatic rings. The highest BCUT2D eigenvalue weighted by Gasteiger charge is 2.16. The fourth-order valence-electron chi connectivity index (χ4n) is 3.37. The van der Waals surface area contributed by atoms with E-state index in [1.807, 2.05) is 36.4 Å². The van der Waals surface area contributed by atoms with Crippen molar-refractivity contribution in [3.05, 3.63) is 97.6 Å². The Morgan fingerprint density at radius 2 is 1.50 bits per heavy atom. The highest BCUT2D eigenvalue weighted by Crippen LogP contribution is 2.23. The van der Waals surface area contributed by atoms with Crippen molar-refractivity contribution in [2.24, 2.45) is 0 Å². The van der Waals surface area contributed by atoms with Crippen molar-refractivity contribution in [3.63, 3.8) is 0 Å². The second kappa shape index (κ2) is 9.77. The SMILES string of the molecule is O=c1sc2cc(S(=O)(=O)NCCCc3ccc(Cl)cc3)ccc2n1Cc1ccc(Cl)cc1. The molecule has 1 aromatic heterocycles. The van der Waals surface area contributed by atoms with E-state index in [0.29, 0.717) is 39.8 Å². The quantitative estimate of drug-likeness (QED) is 0.328. The van der Waals surface area contributed by atoms with E-state index >= 15 is 0 Å². The molecule has 1 N–H and O–H groups in total. The van der Waals surface area contributed by atoms with Crippen LogP contribution in [-0.2, 0) is 23.0 Å². The first-order valence-corrected chi connectivity index (χ1v) is 13.0. The van der Waals surface area contributed by atoms with Crippen LogP contribution in [0.15, 0.2) is 76.4 Å². The Morgan fingerprint density at radius 1 is 0.875 bits per heavy atom. The Morgan fingerprint density at radius 3 is 2.16 bits per heavy atom. The monoisotopic (exact) mass is 506 g/mol. The number of hydrogen-bond donors (Lipinski definition) is 1. The van der Waals surface area contributed by atoms with Gasteiger partial charge in [0.05, 0.1) is 21.7 Å². The van der Waals surface area contributed by atoms with Crippen LogP contribution in [0.2, 0.25) is 10.0 Å². The molecule has 0 bridgehead atoms. The molecule has 5 nitrogen and oxygen atoms in total. The molecule has 4 rings (SSSR count). The van der Waals surface area contributed by atoms with Gasteiger partial charge in [-0.3, -0.25) is 9.36 Å². The number of hydrogen-bond acceptors (Lipinski definition) is 4. The van der Waals surface area contributed by atoms with E-state index in [0.717, 1.165) is 28.9 Å². The van der Waals surface area contributed by atoms with Crippen molar-refractivity contribution < 1.29 is 8.42 Å². The molecule has 0 saturated carbocycles. The first-order valence-electron chi connectivity index (χ1n) is 9.94. The molecule has 0 fully saturated rings. The van der Waals surface area contributed by atoms with E-state index in [1.54, 1.807) is 28.8 Å². The van der Waals surface area contributed by atoms with Crippen LogP contribution < -0.4 is 9.60 Å². The molecule has 9 heteroatoms. The van der Waals surface area contributed by atoms with Gasteiger partial charge in [0.25, 0.3) is 0 Å². The smallest absolute Gasteiger partial charge is 0.294 e. The Balaban J connectivity index is 1.46. The fourth-order valence-corrected chi connectivity index (χ4v) is 5.73. The number of nitrogens with one attached hydrogen (secondary N) is 1. The van der Waals surface area contributed by atoms with Gasteiger partial charge in [-0.25, -0.2) is 13.1 Å². The summed E-state index contributed by atoms with van der Waals surface area (Å²) in [7, 11) is -3.67. The molecular weight excluding hydrogens is 487 g/mol. The lowest BCUT2D eigenvalue weighted by atomic mass is 10.1. The molecule has 0 spiro atoms. The van der Waals surface area contributed by atoms with Crippen molar-refractivity contribution in [1.82, 2.24) is 9.29 Å². The van der Waals surface area contributed by atoms with E-state index in [9.17, 15) is 13.2 Å². The average Bonchev–Trinajstić information content (AvgIpc) is 3.08. The van der Waals surface area contributed by atoms with Gasteiger partial charge in [-0.1, -0.05) is 58.8 Å². The minimum atomic E-state index is -3.67. The lowest BCUT2D eigenvalue weighted by molar-refractivity contribution is 0.579. The van der Waals surface area contributed by atoms with Crippen LogP contribution in [0.1, 0.15) is 17.5 Å². The highest BCUT2D eigenvalue weighted by molar-refractivity contribution is 7.89. The molecule has 0 saturated heterocycles. The Kier molecular flexibility index (Phi) is 7.02. The zero-order valence-electron chi connectivity index (χ0n) is 16.9. The number of aryl methyl sites for hydroxylation is 1. The van der Waals surface area contributed by atoms with Crippen LogP contribution in [0.5, 0.6) is 0 Å². The normalized spacial score (nSPS) is 11.8. The molecule has 166 valence electrons. The summed E-state index contributed by atoms with van der Waals surface area (Å²) in [6, 6.07) is 19.6. The van der Waals surface area contributed by atoms with E-state index < -0.39 is 10.0 Å². The average molecular weight is 507 g/mol. The number of rotatable bonds is 8.